The van der Waals surface area contributed by atoms with Crippen LogP contribution in [0.5, 0.6) is 0 Å². The number of thiophene rings is 1. The van der Waals surface area contributed by atoms with Crippen molar-refractivity contribution in [2.75, 3.05) is 6.54 Å². The van der Waals surface area contributed by atoms with Crippen LogP contribution < -0.4 is 5.32 Å². The average molecular weight is 408 g/mol. The van der Waals surface area contributed by atoms with Gasteiger partial charge in [-0.05, 0) is 61.7 Å². The minimum Gasteiger partial charge on any atom is -0.382 e. The Kier molecular flexibility index (Phi) is 5.74. The van der Waals surface area contributed by atoms with Crippen LogP contribution in [-0.2, 0) is 26.7 Å². The van der Waals surface area contributed by atoms with Crippen molar-refractivity contribution in [3.05, 3.63) is 52.2 Å². The third-order valence-corrected chi connectivity index (χ3v) is 8.20. The van der Waals surface area contributed by atoms with Gasteiger partial charge in [0, 0.05) is 4.88 Å². The monoisotopic (exact) mass is 407 g/mol. The van der Waals surface area contributed by atoms with E-state index in [0.717, 1.165) is 23.3 Å². The molecule has 1 atom stereocenters. The molecule has 146 valence electrons. The molecule has 27 heavy (non-hydrogen) atoms. The number of carbonyl (C=O) groups is 1. The lowest BCUT2D eigenvalue weighted by Gasteiger charge is -2.27. The molecule has 3 rings (SSSR count). The summed E-state index contributed by atoms with van der Waals surface area (Å²) < 4.78 is 24.3. The molecule has 1 aromatic carbocycles. The van der Waals surface area contributed by atoms with Crippen molar-refractivity contribution in [1.29, 1.82) is 0 Å². The third-order valence-electron chi connectivity index (χ3n) is 4.99. The smallest absolute Gasteiger partial charge is 0.224 e. The van der Waals surface area contributed by atoms with Gasteiger partial charge in [-0.3, -0.25) is 4.79 Å². The Hall–Kier alpha value is -1.70. The topological polar surface area (TPSA) is 83.5 Å². The predicted octanol–water partition coefficient (Wildman–Crippen LogP) is 2.89. The lowest BCUT2D eigenvalue weighted by molar-refractivity contribution is -0.122. The molecule has 1 unspecified atom stereocenters. The van der Waals surface area contributed by atoms with E-state index in [1.54, 1.807) is 38.1 Å². The summed E-state index contributed by atoms with van der Waals surface area (Å²) in [5, 5.41) is 15.3. The Morgan fingerprint density at radius 1 is 1.26 bits per heavy atom. The molecule has 1 aliphatic rings. The highest BCUT2D eigenvalue weighted by Crippen LogP contribution is 2.46. The predicted molar refractivity (Wildman–Crippen MR) is 106 cm³/mol. The standard InChI is InChI=1S/C20H25NO4S2/c1-14(2)27(24,25)17-9-5-15(6-10-17)12-19(22)21-13-20(23,16-7-8-16)18-4-3-11-26-18/h3-6,9-11,14,16,23H,7-8,12-13H2,1-2H3,(H,21,22). The molecular weight excluding hydrogens is 382 g/mol. The zero-order valence-electron chi connectivity index (χ0n) is 15.5. The third kappa shape index (κ3) is 4.42. The summed E-state index contributed by atoms with van der Waals surface area (Å²) in [6.07, 6.45) is 2.08. The van der Waals surface area contributed by atoms with Gasteiger partial charge < -0.3 is 10.4 Å². The van der Waals surface area contributed by atoms with Gasteiger partial charge in [-0.2, -0.15) is 0 Å². The minimum atomic E-state index is -3.31. The largest absolute Gasteiger partial charge is 0.382 e. The SMILES string of the molecule is CC(C)S(=O)(=O)c1ccc(CC(=O)NCC(O)(c2cccs2)C2CC2)cc1. The molecule has 7 heteroatoms. The molecule has 1 fully saturated rings. The maximum atomic E-state index is 12.3. The quantitative estimate of drug-likeness (QED) is 0.705. The van der Waals surface area contributed by atoms with Crippen LogP contribution in [0.25, 0.3) is 0 Å². The second kappa shape index (κ2) is 7.73. The fourth-order valence-corrected chi connectivity index (χ4v) is 5.03. The molecule has 2 aromatic rings. The van der Waals surface area contributed by atoms with E-state index in [9.17, 15) is 18.3 Å². The Bertz CT molecular complexity index is 885. The lowest BCUT2D eigenvalue weighted by atomic mass is 9.95. The van der Waals surface area contributed by atoms with Gasteiger partial charge in [-0.15, -0.1) is 11.3 Å². The van der Waals surface area contributed by atoms with Gasteiger partial charge in [0.2, 0.25) is 5.91 Å². The van der Waals surface area contributed by atoms with Crippen LogP contribution in [0.2, 0.25) is 0 Å². The van der Waals surface area contributed by atoms with Gasteiger partial charge in [-0.25, -0.2) is 8.42 Å². The first-order chi connectivity index (χ1) is 12.7. The van der Waals surface area contributed by atoms with Crippen LogP contribution in [0, 0.1) is 5.92 Å². The van der Waals surface area contributed by atoms with Crippen LogP contribution >= 0.6 is 11.3 Å². The van der Waals surface area contributed by atoms with E-state index in [0.29, 0.717) is 0 Å². The highest BCUT2D eigenvalue weighted by Gasteiger charge is 2.45. The zero-order valence-corrected chi connectivity index (χ0v) is 17.1. The van der Waals surface area contributed by atoms with Crippen molar-refractivity contribution in [1.82, 2.24) is 5.32 Å². The van der Waals surface area contributed by atoms with Crippen LogP contribution in [0.4, 0.5) is 0 Å². The van der Waals surface area contributed by atoms with Crippen molar-refractivity contribution in [2.45, 2.75) is 48.9 Å². The molecule has 1 aromatic heterocycles. The Morgan fingerprint density at radius 3 is 2.44 bits per heavy atom. The van der Waals surface area contributed by atoms with Gasteiger partial charge in [-0.1, -0.05) is 18.2 Å². The van der Waals surface area contributed by atoms with Crippen molar-refractivity contribution < 1.29 is 18.3 Å². The van der Waals surface area contributed by atoms with Crippen LogP contribution in [0.15, 0.2) is 46.7 Å². The number of nitrogens with one attached hydrogen (secondary N) is 1. The van der Waals surface area contributed by atoms with Crippen molar-refractivity contribution >= 4 is 27.1 Å². The highest BCUT2D eigenvalue weighted by atomic mass is 32.2. The zero-order chi connectivity index (χ0) is 19.7. The molecule has 0 radical (unpaired) electrons. The molecule has 5 nitrogen and oxygen atoms in total. The van der Waals surface area contributed by atoms with E-state index < -0.39 is 20.7 Å². The van der Waals surface area contributed by atoms with Crippen molar-refractivity contribution in [3.63, 3.8) is 0 Å². The van der Waals surface area contributed by atoms with Crippen LogP contribution in [-0.4, -0.2) is 31.2 Å². The van der Waals surface area contributed by atoms with E-state index in [2.05, 4.69) is 5.32 Å². The maximum absolute atomic E-state index is 12.3. The van der Waals surface area contributed by atoms with Gasteiger partial charge in [0.15, 0.2) is 9.84 Å². The summed E-state index contributed by atoms with van der Waals surface area (Å²) in [7, 11) is -3.31. The van der Waals surface area contributed by atoms with E-state index in [4.69, 9.17) is 0 Å². The molecule has 0 spiro atoms. The van der Waals surface area contributed by atoms with E-state index in [1.807, 2.05) is 17.5 Å². The minimum absolute atomic E-state index is 0.146. The molecule has 1 amide bonds. The van der Waals surface area contributed by atoms with Crippen LogP contribution in [0.3, 0.4) is 0 Å². The summed E-state index contributed by atoms with van der Waals surface area (Å²) in [4.78, 5) is 13.5. The highest BCUT2D eigenvalue weighted by molar-refractivity contribution is 7.92. The molecule has 2 N–H and O–H groups in total. The van der Waals surface area contributed by atoms with Crippen LogP contribution in [0.1, 0.15) is 37.1 Å². The summed E-state index contributed by atoms with van der Waals surface area (Å²) in [6.45, 7) is 3.48. The van der Waals surface area contributed by atoms with E-state index in [1.165, 1.54) is 11.3 Å². The van der Waals surface area contributed by atoms with Crippen molar-refractivity contribution in [3.8, 4) is 0 Å². The van der Waals surface area contributed by atoms with E-state index >= 15 is 0 Å². The first-order valence-electron chi connectivity index (χ1n) is 9.09. The molecule has 1 saturated carbocycles. The van der Waals surface area contributed by atoms with Gasteiger partial charge >= 0.3 is 0 Å². The normalized spacial score (nSPS) is 16.9. The summed E-state index contributed by atoms with van der Waals surface area (Å²) in [5.74, 6) is 0.00192. The molecule has 1 heterocycles. The van der Waals surface area contributed by atoms with Crippen molar-refractivity contribution in [2.24, 2.45) is 5.92 Å². The number of amides is 1. The number of aliphatic hydroxyl groups is 1. The van der Waals surface area contributed by atoms with Gasteiger partial charge in [0.05, 0.1) is 23.1 Å². The Balaban J connectivity index is 1.61. The Labute approximate surface area is 164 Å². The number of sulfone groups is 1. The number of hydrogen-bond donors (Lipinski definition) is 2. The van der Waals surface area contributed by atoms with Gasteiger partial charge in [0.1, 0.15) is 5.60 Å². The first kappa shape index (κ1) is 20.0. The fourth-order valence-electron chi connectivity index (χ4n) is 3.07. The summed E-state index contributed by atoms with van der Waals surface area (Å²) >= 11 is 1.50. The van der Waals surface area contributed by atoms with E-state index in [-0.39, 0.29) is 29.7 Å². The molecule has 1 aliphatic carbocycles. The second-order valence-electron chi connectivity index (χ2n) is 7.37. The number of hydrogen-bond acceptors (Lipinski definition) is 5. The molecule has 0 saturated heterocycles. The lowest BCUT2D eigenvalue weighted by Crippen LogP contribution is -2.42. The maximum Gasteiger partial charge on any atom is 0.224 e. The summed E-state index contributed by atoms with van der Waals surface area (Å²) in [6, 6.07) is 10.2. The molecular formula is C20H25NO4S2. The number of benzene rings is 1. The summed E-state index contributed by atoms with van der Waals surface area (Å²) in [5.41, 5.74) is -0.264. The van der Waals surface area contributed by atoms with Gasteiger partial charge in [0.25, 0.3) is 0 Å². The average Bonchev–Trinajstić information content (AvgIpc) is 3.35. The fraction of sp³-hybridized carbons (Fsp3) is 0.450. The number of carbonyl (C=O) groups excluding carboxylic acids is 1. The molecule has 0 aliphatic heterocycles. The second-order valence-corrected chi connectivity index (χ2v) is 10.8. The number of rotatable bonds is 8. The molecule has 0 bridgehead atoms. The first-order valence-corrected chi connectivity index (χ1v) is 11.5. The Morgan fingerprint density at radius 2 is 1.93 bits per heavy atom.